The summed E-state index contributed by atoms with van der Waals surface area (Å²) < 4.78 is 0. The maximum Gasteiger partial charge on any atom is 0.255 e. The van der Waals surface area contributed by atoms with Crippen LogP contribution in [0.15, 0.2) is 48.5 Å². The Kier molecular flexibility index (Phi) is 7.07. The van der Waals surface area contributed by atoms with E-state index in [9.17, 15) is 4.79 Å². The van der Waals surface area contributed by atoms with Gasteiger partial charge in [0.15, 0.2) is 5.82 Å². The van der Waals surface area contributed by atoms with Crippen LogP contribution in [-0.2, 0) is 6.54 Å². The van der Waals surface area contributed by atoms with E-state index < -0.39 is 0 Å². The lowest BCUT2D eigenvalue weighted by Crippen LogP contribution is -2.32. The Morgan fingerprint density at radius 1 is 1.06 bits per heavy atom. The summed E-state index contributed by atoms with van der Waals surface area (Å²) in [5.41, 5.74) is 3.59. The summed E-state index contributed by atoms with van der Waals surface area (Å²) in [6.45, 7) is 3.12. The van der Waals surface area contributed by atoms with Gasteiger partial charge < -0.3 is 5.32 Å². The summed E-state index contributed by atoms with van der Waals surface area (Å²) in [5.74, 6) is 4.51. The number of rotatable bonds is 6. The summed E-state index contributed by atoms with van der Waals surface area (Å²) in [6.07, 6.45) is 6.26. The number of aromatic nitrogens is 3. The molecule has 1 saturated carbocycles. The lowest BCUT2D eigenvalue weighted by Gasteiger charge is -2.26. The van der Waals surface area contributed by atoms with Crippen LogP contribution in [0.4, 0.5) is 5.69 Å². The van der Waals surface area contributed by atoms with E-state index in [0.717, 1.165) is 42.5 Å². The number of nitrogens with one attached hydrogen (secondary N) is 2. The van der Waals surface area contributed by atoms with Crippen molar-refractivity contribution in [1.82, 2.24) is 20.1 Å². The van der Waals surface area contributed by atoms with E-state index in [-0.39, 0.29) is 5.91 Å². The van der Waals surface area contributed by atoms with Crippen LogP contribution >= 0.6 is 11.8 Å². The number of anilines is 1. The number of nitrogens with zero attached hydrogens (tertiary/aromatic N) is 3. The molecule has 33 heavy (non-hydrogen) atoms. The van der Waals surface area contributed by atoms with Crippen LogP contribution in [0.3, 0.4) is 0 Å². The van der Waals surface area contributed by atoms with Crippen molar-refractivity contribution < 1.29 is 4.79 Å². The molecule has 2 heterocycles. The van der Waals surface area contributed by atoms with Crippen molar-refractivity contribution in [2.24, 2.45) is 0 Å². The highest BCUT2D eigenvalue weighted by Gasteiger charge is 2.19. The Morgan fingerprint density at radius 2 is 1.85 bits per heavy atom. The van der Waals surface area contributed by atoms with Crippen LogP contribution in [-0.4, -0.2) is 50.6 Å². The molecule has 0 bridgehead atoms. The minimum absolute atomic E-state index is 0.0868. The van der Waals surface area contributed by atoms with Gasteiger partial charge in [0.1, 0.15) is 5.82 Å². The van der Waals surface area contributed by atoms with Gasteiger partial charge in [0.25, 0.3) is 5.91 Å². The van der Waals surface area contributed by atoms with Crippen LogP contribution < -0.4 is 5.32 Å². The second-order valence-corrected chi connectivity index (χ2v) is 10.2. The van der Waals surface area contributed by atoms with Crippen molar-refractivity contribution in [2.45, 2.75) is 44.6 Å². The van der Waals surface area contributed by atoms with Gasteiger partial charge in [0.2, 0.25) is 0 Å². The molecule has 2 aromatic carbocycles. The fourth-order valence-corrected chi connectivity index (χ4v) is 5.68. The molecule has 7 heteroatoms. The fraction of sp³-hybridized carbons (Fsp3) is 0.423. The van der Waals surface area contributed by atoms with E-state index in [1.165, 1.54) is 49.2 Å². The minimum atomic E-state index is -0.0868. The zero-order valence-electron chi connectivity index (χ0n) is 18.9. The predicted molar refractivity (Wildman–Crippen MR) is 135 cm³/mol. The number of H-pyrrole nitrogens is 1. The van der Waals surface area contributed by atoms with Crippen molar-refractivity contribution in [3.63, 3.8) is 0 Å². The molecular formula is C26H31N5OS. The molecule has 0 unspecified atom stereocenters. The SMILES string of the molecule is O=C(Nc1ccc(-c2n[nH]c(C3CCCCC3)n2)cc1)c1cccc(CN2CCSCC2)c1. The van der Waals surface area contributed by atoms with E-state index in [2.05, 4.69) is 26.5 Å². The third-order valence-electron chi connectivity index (χ3n) is 6.59. The summed E-state index contributed by atoms with van der Waals surface area (Å²) >= 11 is 2.01. The van der Waals surface area contributed by atoms with Crippen molar-refractivity contribution in [3.05, 3.63) is 65.5 Å². The molecule has 1 aromatic heterocycles. The summed E-state index contributed by atoms with van der Waals surface area (Å²) in [4.78, 5) is 20.0. The topological polar surface area (TPSA) is 73.9 Å². The van der Waals surface area contributed by atoms with Gasteiger partial charge in [-0.3, -0.25) is 14.8 Å². The van der Waals surface area contributed by atoms with Crippen molar-refractivity contribution >= 4 is 23.4 Å². The second kappa shape index (κ2) is 10.5. The first-order chi connectivity index (χ1) is 16.2. The van der Waals surface area contributed by atoms with Crippen LogP contribution in [0, 0.1) is 0 Å². The first-order valence-corrected chi connectivity index (χ1v) is 13.1. The number of hydrogen-bond donors (Lipinski definition) is 2. The van der Waals surface area contributed by atoms with Gasteiger partial charge >= 0.3 is 0 Å². The third-order valence-corrected chi connectivity index (χ3v) is 7.54. The van der Waals surface area contributed by atoms with Gasteiger partial charge in [-0.1, -0.05) is 31.4 Å². The summed E-state index contributed by atoms with van der Waals surface area (Å²) in [6, 6.07) is 15.7. The highest BCUT2D eigenvalue weighted by Crippen LogP contribution is 2.31. The smallest absolute Gasteiger partial charge is 0.255 e. The molecule has 1 aliphatic heterocycles. The second-order valence-electron chi connectivity index (χ2n) is 9.00. The van der Waals surface area contributed by atoms with Crippen molar-refractivity contribution in [3.8, 4) is 11.4 Å². The first-order valence-electron chi connectivity index (χ1n) is 12.0. The van der Waals surface area contributed by atoms with E-state index in [0.29, 0.717) is 11.5 Å². The zero-order chi connectivity index (χ0) is 22.5. The molecule has 172 valence electrons. The molecule has 5 rings (SSSR count). The Labute approximate surface area is 199 Å². The quantitative estimate of drug-likeness (QED) is 0.520. The number of thioether (sulfide) groups is 1. The Morgan fingerprint density at radius 3 is 2.64 bits per heavy atom. The van der Waals surface area contributed by atoms with Crippen molar-refractivity contribution in [2.75, 3.05) is 29.9 Å². The molecule has 0 atom stereocenters. The van der Waals surface area contributed by atoms with Gasteiger partial charge in [-0.05, 0) is 54.8 Å². The maximum atomic E-state index is 12.8. The van der Waals surface area contributed by atoms with Crippen molar-refractivity contribution in [1.29, 1.82) is 0 Å². The average molecular weight is 462 g/mol. The molecule has 0 radical (unpaired) electrons. The Hall–Kier alpha value is -2.64. The lowest BCUT2D eigenvalue weighted by molar-refractivity contribution is 0.102. The number of hydrogen-bond acceptors (Lipinski definition) is 5. The monoisotopic (exact) mass is 461 g/mol. The Balaban J connectivity index is 1.21. The van der Waals surface area contributed by atoms with Gasteiger partial charge in [-0.15, -0.1) is 0 Å². The molecule has 2 fully saturated rings. The number of benzene rings is 2. The van der Waals surface area contributed by atoms with Crippen LogP contribution in [0.5, 0.6) is 0 Å². The molecule has 2 N–H and O–H groups in total. The van der Waals surface area contributed by atoms with Crippen LogP contribution in [0.2, 0.25) is 0 Å². The average Bonchev–Trinajstić information content (AvgIpc) is 3.36. The number of carbonyl (C=O) groups excluding carboxylic acids is 1. The number of aromatic amines is 1. The molecule has 6 nitrogen and oxygen atoms in total. The summed E-state index contributed by atoms with van der Waals surface area (Å²) in [7, 11) is 0. The summed E-state index contributed by atoms with van der Waals surface area (Å²) in [5, 5.41) is 10.6. The van der Waals surface area contributed by atoms with Gasteiger partial charge in [-0.2, -0.15) is 16.9 Å². The highest BCUT2D eigenvalue weighted by atomic mass is 32.2. The largest absolute Gasteiger partial charge is 0.322 e. The Bertz CT molecular complexity index is 1070. The number of amides is 1. The van der Waals surface area contributed by atoms with Crippen LogP contribution in [0.1, 0.15) is 59.8 Å². The van der Waals surface area contributed by atoms with E-state index in [1.54, 1.807) is 0 Å². The molecule has 1 amide bonds. The lowest BCUT2D eigenvalue weighted by atomic mass is 9.89. The zero-order valence-corrected chi connectivity index (χ0v) is 19.7. The molecule has 3 aromatic rings. The normalized spacial score (nSPS) is 17.7. The molecule has 0 spiro atoms. The fourth-order valence-electron chi connectivity index (χ4n) is 4.70. The predicted octanol–water partition coefficient (Wildman–Crippen LogP) is 5.32. The molecule has 1 aliphatic carbocycles. The maximum absolute atomic E-state index is 12.8. The van der Waals surface area contributed by atoms with E-state index >= 15 is 0 Å². The van der Waals surface area contributed by atoms with E-state index in [1.807, 2.05) is 54.2 Å². The van der Waals surface area contributed by atoms with Gasteiger partial charge in [0.05, 0.1) is 0 Å². The minimum Gasteiger partial charge on any atom is -0.322 e. The standard InChI is InChI=1S/C26H31N5OS/c32-26(22-8-4-5-19(17-22)18-31-13-15-33-16-14-31)27-23-11-9-21(10-12-23)25-28-24(29-30-25)20-6-2-1-3-7-20/h4-5,8-12,17,20H,1-3,6-7,13-16,18H2,(H,27,32)(H,28,29,30). The third kappa shape index (κ3) is 5.65. The molecule has 2 aliphatic rings. The highest BCUT2D eigenvalue weighted by molar-refractivity contribution is 7.99. The van der Waals surface area contributed by atoms with Gasteiger partial charge in [-0.25, -0.2) is 4.98 Å². The van der Waals surface area contributed by atoms with Crippen LogP contribution in [0.25, 0.3) is 11.4 Å². The first kappa shape index (κ1) is 22.2. The van der Waals surface area contributed by atoms with E-state index in [4.69, 9.17) is 4.98 Å². The molecular weight excluding hydrogens is 430 g/mol. The molecule has 1 saturated heterocycles. The van der Waals surface area contributed by atoms with Gasteiger partial charge in [0, 0.05) is 53.9 Å². The number of carbonyl (C=O) groups is 1.